The van der Waals surface area contributed by atoms with E-state index in [0.717, 1.165) is 5.56 Å². The van der Waals surface area contributed by atoms with Gasteiger partial charge < -0.3 is 0 Å². The van der Waals surface area contributed by atoms with E-state index in [1.54, 1.807) is 12.1 Å². The molecule has 0 aliphatic rings. The van der Waals surface area contributed by atoms with Crippen LogP contribution in [-0.2, 0) is 11.2 Å². The van der Waals surface area contributed by atoms with Gasteiger partial charge in [-0.1, -0.05) is 60.7 Å². The van der Waals surface area contributed by atoms with Gasteiger partial charge in [0.1, 0.15) is 5.78 Å². The van der Waals surface area contributed by atoms with Crippen LogP contribution in [0.15, 0.2) is 60.7 Å². The van der Waals surface area contributed by atoms with Crippen molar-refractivity contribution in [2.75, 3.05) is 0 Å². The second kappa shape index (κ2) is 6.64. The topological polar surface area (TPSA) is 34.1 Å². The fourth-order valence-electron chi connectivity index (χ4n) is 1.93. The third-order valence-corrected chi connectivity index (χ3v) is 2.97. The number of carbonyl (C=O) groups is 2. The highest BCUT2D eigenvalue weighted by molar-refractivity contribution is 5.98. The normalized spacial score (nSPS) is 10.1. The number of carbonyl (C=O) groups excluding carboxylic acids is 2. The molecule has 0 radical (unpaired) electrons. The molecule has 0 bridgehead atoms. The Morgan fingerprint density at radius 2 is 1.32 bits per heavy atom. The molecule has 0 fully saturated rings. The standard InChI is InChI=1S/C17H16O2/c18-16(13-14-7-3-1-4-8-14)11-12-17(19)15-9-5-2-6-10-15/h1-10H,11-13H2. The lowest BCUT2D eigenvalue weighted by molar-refractivity contribution is -0.118. The van der Waals surface area contributed by atoms with Crippen molar-refractivity contribution in [1.29, 1.82) is 0 Å². The monoisotopic (exact) mass is 252 g/mol. The lowest BCUT2D eigenvalue weighted by Gasteiger charge is -2.02. The van der Waals surface area contributed by atoms with Crippen LogP contribution in [0.1, 0.15) is 28.8 Å². The summed E-state index contributed by atoms with van der Waals surface area (Å²) in [5, 5.41) is 0. The summed E-state index contributed by atoms with van der Waals surface area (Å²) in [6.45, 7) is 0. The van der Waals surface area contributed by atoms with E-state index in [-0.39, 0.29) is 18.0 Å². The van der Waals surface area contributed by atoms with Crippen molar-refractivity contribution in [2.24, 2.45) is 0 Å². The van der Waals surface area contributed by atoms with Crippen molar-refractivity contribution in [1.82, 2.24) is 0 Å². The minimum absolute atomic E-state index is 0.0296. The van der Waals surface area contributed by atoms with Crippen molar-refractivity contribution in [3.8, 4) is 0 Å². The summed E-state index contributed by atoms with van der Waals surface area (Å²) in [5.74, 6) is 0.137. The van der Waals surface area contributed by atoms with Gasteiger partial charge in [0.15, 0.2) is 5.78 Å². The zero-order valence-corrected chi connectivity index (χ0v) is 10.7. The molecular formula is C17H16O2. The molecule has 0 aliphatic heterocycles. The molecule has 0 N–H and O–H groups in total. The van der Waals surface area contributed by atoms with E-state index < -0.39 is 0 Å². The van der Waals surface area contributed by atoms with Crippen molar-refractivity contribution in [2.45, 2.75) is 19.3 Å². The molecule has 0 saturated heterocycles. The van der Waals surface area contributed by atoms with E-state index in [9.17, 15) is 9.59 Å². The summed E-state index contributed by atoms with van der Waals surface area (Å²) < 4.78 is 0. The average Bonchev–Trinajstić information content (AvgIpc) is 2.47. The lowest BCUT2D eigenvalue weighted by atomic mass is 10.0. The van der Waals surface area contributed by atoms with E-state index in [4.69, 9.17) is 0 Å². The van der Waals surface area contributed by atoms with Gasteiger partial charge in [-0.15, -0.1) is 0 Å². The fraction of sp³-hybridized carbons (Fsp3) is 0.176. The molecule has 2 rings (SSSR count). The lowest BCUT2D eigenvalue weighted by Crippen LogP contribution is -2.07. The first-order valence-corrected chi connectivity index (χ1v) is 6.39. The largest absolute Gasteiger partial charge is 0.299 e. The summed E-state index contributed by atoms with van der Waals surface area (Å²) in [7, 11) is 0. The van der Waals surface area contributed by atoms with E-state index in [1.165, 1.54) is 0 Å². The van der Waals surface area contributed by atoms with Gasteiger partial charge in [0.25, 0.3) is 0 Å². The summed E-state index contributed by atoms with van der Waals surface area (Å²) >= 11 is 0. The fourth-order valence-corrected chi connectivity index (χ4v) is 1.93. The molecule has 0 amide bonds. The van der Waals surface area contributed by atoms with E-state index in [1.807, 2.05) is 48.5 Å². The molecule has 2 heteroatoms. The molecule has 0 saturated carbocycles. The Hall–Kier alpha value is -2.22. The number of ketones is 2. The average molecular weight is 252 g/mol. The van der Waals surface area contributed by atoms with Crippen LogP contribution in [-0.4, -0.2) is 11.6 Å². The number of hydrogen-bond donors (Lipinski definition) is 0. The van der Waals surface area contributed by atoms with Crippen LogP contribution < -0.4 is 0 Å². The molecule has 0 spiro atoms. The first kappa shape index (κ1) is 13.2. The molecule has 2 aromatic rings. The van der Waals surface area contributed by atoms with E-state index >= 15 is 0 Å². The molecule has 96 valence electrons. The van der Waals surface area contributed by atoms with Crippen LogP contribution in [0.3, 0.4) is 0 Å². The van der Waals surface area contributed by atoms with Gasteiger partial charge in [-0.3, -0.25) is 9.59 Å². The number of rotatable bonds is 6. The van der Waals surface area contributed by atoms with Gasteiger partial charge in [-0.05, 0) is 5.56 Å². The molecular weight excluding hydrogens is 236 g/mol. The first-order chi connectivity index (χ1) is 9.25. The zero-order chi connectivity index (χ0) is 13.5. The molecule has 0 unspecified atom stereocenters. The quantitative estimate of drug-likeness (QED) is 0.738. The Balaban J connectivity index is 1.83. The van der Waals surface area contributed by atoms with Gasteiger partial charge >= 0.3 is 0 Å². The second-order valence-corrected chi connectivity index (χ2v) is 4.49. The molecule has 0 atom stereocenters. The smallest absolute Gasteiger partial charge is 0.163 e. The first-order valence-electron chi connectivity index (χ1n) is 6.39. The Labute approximate surface area is 113 Å². The Morgan fingerprint density at radius 3 is 1.95 bits per heavy atom. The summed E-state index contributed by atoms with van der Waals surface area (Å²) in [6, 6.07) is 18.7. The second-order valence-electron chi connectivity index (χ2n) is 4.49. The summed E-state index contributed by atoms with van der Waals surface area (Å²) in [6.07, 6.45) is 1.00. The predicted octanol–water partition coefficient (Wildman–Crippen LogP) is 3.46. The van der Waals surface area contributed by atoms with Crippen LogP contribution in [0.25, 0.3) is 0 Å². The van der Waals surface area contributed by atoms with Gasteiger partial charge in [-0.25, -0.2) is 0 Å². The van der Waals surface area contributed by atoms with Crippen LogP contribution in [0.5, 0.6) is 0 Å². The number of hydrogen-bond acceptors (Lipinski definition) is 2. The van der Waals surface area contributed by atoms with Gasteiger partial charge in [0, 0.05) is 24.8 Å². The maximum Gasteiger partial charge on any atom is 0.163 e. The zero-order valence-electron chi connectivity index (χ0n) is 10.7. The summed E-state index contributed by atoms with van der Waals surface area (Å²) in [5.41, 5.74) is 1.68. The van der Waals surface area contributed by atoms with E-state index in [2.05, 4.69) is 0 Å². The van der Waals surface area contributed by atoms with Crippen molar-refractivity contribution in [3.05, 3.63) is 71.8 Å². The Kier molecular flexibility index (Phi) is 4.62. The van der Waals surface area contributed by atoms with Crippen molar-refractivity contribution >= 4 is 11.6 Å². The minimum Gasteiger partial charge on any atom is -0.299 e. The highest BCUT2D eigenvalue weighted by Crippen LogP contribution is 2.08. The Morgan fingerprint density at radius 1 is 0.737 bits per heavy atom. The SMILES string of the molecule is O=C(CCC(=O)c1ccccc1)Cc1ccccc1. The van der Waals surface area contributed by atoms with Gasteiger partial charge in [0.2, 0.25) is 0 Å². The third-order valence-electron chi connectivity index (χ3n) is 2.97. The molecule has 0 aromatic heterocycles. The molecule has 2 nitrogen and oxygen atoms in total. The molecule has 0 aliphatic carbocycles. The molecule has 19 heavy (non-hydrogen) atoms. The molecule has 0 heterocycles. The third kappa shape index (κ3) is 4.18. The van der Waals surface area contributed by atoms with Gasteiger partial charge in [-0.2, -0.15) is 0 Å². The van der Waals surface area contributed by atoms with Crippen LogP contribution in [0, 0.1) is 0 Å². The Bertz CT molecular complexity index is 544. The summed E-state index contributed by atoms with van der Waals surface area (Å²) in [4.78, 5) is 23.6. The maximum absolute atomic E-state index is 11.8. The number of benzene rings is 2. The molecule has 2 aromatic carbocycles. The highest BCUT2D eigenvalue weighted by atomic mass is 16.1. The predicted molar refractivity (Wildman–Crippen MR) is 75.2 cm³/mol. The maximum atomic E-state index is 11.8. The van der Waals surface area contributed by atoms with Gasteiger partial charge in [0.05, 0.1) is 0 Å². The highest BCUT2D eigenvalue weighted by Gasteiger charge is 2.09. The van der Waals surface area contributed by atoms with Crippen molar-refractivity contribution in [3.63, 3.8) is 0 Å². The van der Waals surface area contributed by atoms with Crippen LogP contribution in [0.2, 0.25) is 0 Å². The minimum atomic E-state index is 0.0296. The van der Waals surface area contributed by atoms with Crippen LogP contribution in [0.4, 0.5) is 0 Å². The van der Waals surface area contributed by atoms with Crippen molar-refractivity contribution < 1.29 is 9.59 Å². The van der Waals surface area contributed by atoms with E-state index in [0.29, 0.717) is 18.4 Å². The van der Waals surface area contributed by atoms with Crippen LogP contribution >= 0.6 is 0 Å². The number of Topliss-reactive ketones (excluding diaryl/α,β-unsaturated/α-hetero) is 2.